The fourth-order valence-corrected chi connectivity index (χ4v) is 0.694. The van der Waals surface area contributed by atoms with E-state index in [1.165, 1.54) is 0 Å². The van der Waals surface area contributed by atoms with Crippen LogP contribution in [0.4, 0.5) is 0 Å². The molecule has 3 heteroatoms. The van der Waals surface area contributed by atoms with Crippen LogP contribution < -0.4 is 0 Å². The van der Waals surface area contributed by atoms with Crippen molar-refractivity contribution in [3.63, 3.8) is 0 Å². The Bertz CT molecular complexity index is 202. The van der Waals surface area contributed by atoms with Crippen LogP contribution in [-0.4, -0.2) is 38.1 Å². The van der Waals surface area contributed by atoms with Crippen molar-refractivity contribution in [2.24, 2.45) is 5.41 Å². The van der Waals surface area contributed by atoms with Crippen LogP contribution in [0.1, 0.15) is 20.8 Å². The third-order valence-electron chi connectivity index (χ3n) is 1.56. The molecule has 0 unspecified atom stereocenters. The first-order valence-electron chi connectivity index (χ1n) is 4.81. The Morgan fingerprint density at radius 1 is 1.29 bits per heavy atom. The minimum atomic E-state index is -0.407. The first-order valence-corrected chi connectivity index (χ1v) is 4.81. The molecule has 0 rings (SSSR count). The fourth-order valence-electron chi connectivity index (χ4n) is 0.694. The molecule has 0 aromatic carbocycles. The molecule has 82 valence electrons. The van der Waals surface area contributed by atoms with Gasteiger partial charge >= 0.3 is 5.97 Å². The standard InChI is InChI=1S/C11H21NO2/c1-11(2,3)10(13)14-9-7-6-8-12(4)5/h6-7H,8-9H2,1-5H3. The second-order valence-corrected chi connectivity index (χ2v) is 4.58. The zero-order chi connectivity index (χ0) is 11.2. The molecule has 3 nitrogen and oxygen atoms in total. The summed E-state index contributed by atoms with van der Waals surface area (Å²) >= 11 is 0. The van der Waals surface area contributed by atoms with E-state index in [9.17, 15) is 4.79 Å². The monoisotopic (exact) mass is 199 g/mol. The quantitative estimate of drug-likeness (QED) is 0.510. The van der Waals surface area contributed by atoms with Crippen molar-refractivity contribution in [3.8, 4) is 0 Å². The molecule has 0 saturated heterocycles. The van der Waals surface area contributed by atoms with Gasteiger partial charge in [-0.05, 0) is 40.9 Å². The van der Waals surface area contributed by atoms with Crippen molar-refractivity contribution >= 4 is 5.97 Å². The molecule has 0 amide bonds. The van der Waals surface area contributed by atoms with Crippen LogP contribution in [-0.2, 0) is 9.53 Å². The maximum atomic E-state index is 11.3. The Kier molecular flexibility index (Phi) is 5.46. The lowest BCUT2D eigenvalue weighted by Gasteiger charge is -2.15. The smallest absolute Gasteiger partial charge is 0.311 e. The molecular weight excluding hydrogens is 178 g/mol. The highest BCUT2D eigenvalue weighted by molar-refractivity contribution is 5.75. The second-order valence-electron chi connectivity index (χ2n) is 4.58. The van der Waals surface area contributed by atoms with E-state index in [0.29, 0.717) is 6.61 Å². The number of rotatable bonds is 4. The zero-order valence-electron chi connectivity index (χ0n) is 9.83. The SMILES string of the molecule is CN(C)CC=CCOC(=O)C(C)(C)C. The van der Waals surface area contributed by atoms with Crippen molar-refractivity contribution in [3.05, 3.63) is 12.2 Å². The van der Waals surface area contributed by atoms with Crippen LogP contribution in [0.2, 0.25) is 0 Å². The normalized spacial score (nSPS) is 12.4. The largest absolute Gasteiger partial charge is 0.461 e. The molecule has 0 aliphatic heterocycles. The van der Waals surface area contributed by atoms with Gasteiger partial charge in [0.15, 0.2) is 0 Å². The van der Waals surface area contributed by atoms with Gasteiger partial charge in [0.2, 0.25) is 0 Å². The Hall–Kier alpha value is -0.830. The summed E-state index contributed by atoms with van der Waals surface area (Å²) in [5, 5.41) is 0. The van der Waals surface area contributed by atoms with Gasteiger partial charge in [-0.1, -0.05) is 6.08 Å². The number of nitrogens with zero attached hydrogens (tertiary/aromatic N) is 1. The molecular formula is C11H21NO2. The lowest BCUT2D eigenvalue weighted by molar-refractivity contribution is -0.151. The average Bonchev–Trinajstić information content (AvgIpc) is 2.01. The summed E-state index contributed by atoms with van der Waals surface area (Å²) in [6.07, 6.45) is 3.85. The summed E-state index contributed by atoms with van der Waals surface area (Å²) in [6.45, 7) is 6.77. The maximum absolute atomic E-state index is 11.3. The van der Waals surface area contributed by atoms with Gasteiger partial charge in [-0.2, -0.15) is 0 Å². The summed E-state index contributed by atoms with van der Waals surface area (Å²) in [5.41, 5.74) is -0.407. The third-order valence-corrected chi connectivity index (χ3v) is 1.56. The molecule has 0 aromatic rings. The van der Waals surface area contributed by atoms with Gasteiger partial charge in [-0.15, -0.1) is 0 Å². The highest BCUT2D eigenvalue weighted by atomic mass is 16.5. The number of hydrogen-bond donors (Lipinski definition) is 0. The molecule has 0 bridgehead atoms. The zero-order valence-corrected chi connectivity index (χ0v) is 9.83. The summed E-state index contributed by atoms with van der Waals surface area (Å²) in [6, 6.07) is 0. The predicted octanol–water partition coefficient (Wildman–Crippen LogP) is 1.69. The first kappa shape index (κ1) is 13.2. The topological polar surface area (TPSA) is 29.5 Å². The van der Waals surface area contributed by atoms with Gasteiger partial charge in [0.05, 0.1) is 5.41 Å². The Labute approximate surface area is 86.7 Å². The average molecular weight is 199 g/mol. The van der Waals surface area contributed by atoms with Crippen molar-refractivity contribution in [1.82, 2.24) is 4.90 Å². The van der Waals surface area contributed by atoms with E-state index in [0.717, 1.165) is 6.54 Å². The fraction of sp³-hybridized carbons (Fsp3) is 0.727. The van der Waals surface area contributed by atoms with Gasteiger partial charge in [0, 0.05) is 6.54 Å². The van der Waals surface area contributed by atoms with Crippen LogP contribution in [0.15, 0.2) is 12.2 Å². The van der Waals surface area contributed by atoms with E-state index in [1.54, 1.807) is 0 Å². The molecule has 0 saturated carbocycles. The molecule has 0 N–H and O–H groups in total. The van der Waals surface area contributed by atoms with Crippen molar-refractivity contribution in [2.45, 2.75) is 20.8 Å². The maximum Gasteiger partial charge on any atom is 0.311 e. The predicted molar refractivity (Wildman–Crippen MR) is 58.1 cm³/mol. The van der Waals surface area contributed by atoms with E-state index in [2.05, 4.69) is 0 Å². The summed E-state index contributed by atoms with van der Waals surface area (Å²) in [4.78, 5) is 13.3. The first-order chi connectivity index (χ1) is 6.34. The molecule has 0 fully saturated rings. The number of esters is 1. The molecule has 0 aromatic heterocycles. The molecule has 0 aliphatic rings. The van der Waals surface area contributed by atoms with E-state index >= 15 is 0 Å². The van der Waals surface area contributed by atoms with Gasteiger partial charge in [-0.3, -0.25) is 4.79 Å². The minimum Gasteiger partial charge on any atom is -0.461 e. The highest BCUT2D eigenvalue weighted by Crippen LogP contribution is 2.14. The van der Waals surface area contributed by atoms with Crippen LogP contribution in [0, 0.1) is 5.41 Å². The van der Waals surface area contributed by atoms with Crippen molar-refractivity contribution in [2.75, 3.05) is 27.2 Å². The van der Waals surface area contributed by atoms with Gasteiger partial charge in [0.25, 0.3) is 0 Å². The summed E-state index contributed by atoms with van der Waals surface area (Å²) < 4.78 is 5.04. The molecule has 0 spiro atoms. The Morgan fingerprint density at radius 3 is 2.29 bits per heavy atom. The third kappa shape index (κ3) is 6.66. The van der Waals surface area contributed by atoms with E-state index in [-0.39, 0.29) is 5.97 Å². The van der Waals surface area contributed by atoms with E-state index in [1.807, 2.05) is 51.9 Å². The molecule has 0 atom stereocenters. The van der Waals surface area contributed by atoms with Gasteiger partial charge < -0.3 is 9.64 Å². The summed E-state index contributed by atoms with van der Waals surface area (Å²) in [7, 11) is 3.98. The van der Waals surface area contributed by atoms with Gasteiger partial charge in [-0.25, -0.2) is 0 Å². The molecule has 0 aliphatic carbocycles. The Balaban J connectivity index is 3.65. The van der Waals surface area contributed by atoms with Crippen LogP contribution >= 0.6 is 0 Å². The molecule has 0 radical (unpaired) electrons. The van der Waals surface area contributed by atoms with Crippen LogP contribution in [0.3, 0.4) is 0 Å². The lowest BCUT2D eigenvalue weighted by Crippen LogP contribution is -2.23. The van der Waals surface area contributed by atoms with E-state index < -0.39 is 5.41 Å². The number of carbonyl (C=O) groups excluding carboxylic acids is 1. The Morgan fingerprint density at radius 2 is 1.86 bits per heavy atom. The highest BCUT2D eigenvalue weighted by Gasteiger charge is 2.22. The van der Waals surface area contributed by atoms with E-state index in [4.69, 9.17) is 4.74 Å². The van der Waals surface area contributed by atoms with Crippen molar-refractivity contribution < 1.29 is 9.53 Å². The number of hydrogen-bond acceptors (Lipinski definition) is 3. The molecule has 0 heterocycles. The number of ether oxygens (including phenoxy) is 1. The lowest BCUT2D eigenvalue weighted by atomic mass is 9.97. The second kappa shape index (κ2) is 5.81. The minimum absolute atomic E-state index is 0.160. The van der Waals surface area contributed by atoms with Crippen LogP contribution in [0.5, 0.6) is 0 Å². The number of likely N-dealkylation sites (N-methyl/N-ethyl adjacent to an activating group) is 1. The summed E-state index contributed by atoms with van der Waals surface area (Å²) in [5.74, 6) is -0.160. The van der Waals surface area contributed by atoms with Crippen molar-refractivity contribution in [1.29, 1.82) is 0 Å². The number of carbonyl (C=O) groups is 1. The van der Waals surface area contributed by atoms with Gasteiger partial charge in [0.1, 0.15) is 6.61 Å². The van der Waals surface area contributed by atoms with Crippen LogP contribution in [0.25, 0.3) is 0 Å². The molecule has 14 heavy (non-hydrogen) atoms.